The van der Waals surface area contributed by atoms with Crippen LogP contribution in [0.15, 0.2) is 22.2 Å². The van der Waals surface area contributed by atoms with Crippen LogP contribution in [-0.4, -0.2) is 4.92 Å². The Morgan fingerprint density at radius 1 is 1.67 bits per heavy atom. The average molecular weight is 207 g/mol. The Morgan fingerprint density at radius 2 is 2.33 bits per heavy atom. The van der Waals surface area contributed by atoms with Crippen molar-refractivity contribution >= 4 is 6.08 Å². The zero-order valence-corrected chi connectivity index (χ0v) is 8.77. The van der Waals surface area contributed by atoms with Crippen LogP contribution in [0.5, 0.6) is 0 Å². The molecule has 1 saturated carbocycles. The molecule has 1 aliphatic carbocycles. The Balaban J connectivity index is 2.14. The predicted molar refractivity (Wildman–Crippen MR) is 55.9 cm³/mol. The van der Waals surface area contributed by atoms with Crippen LogP contribution in [0.1, 0.15) is 37.7 Å². The van der Waals surface area contributed by atoms with Crippen LogP contribution in [-0.2, 0) is 0 Å². The lowest BCUT2D eigenvalue weighted by atomic mass is 10.3. The number of rotatable bonds is 3. The molecule has 1 aromatic rings. The van der Waals surface area contributed by atoms with Crippen LogP contribution in [0, 0.1) is 16.0 Å². The molecule has 2 atom stereocenters. The maximum Gasteiger partial charge on any atom is 0.246 e. The minimum atomic E-state index is -0.415. The van der Waals surface area contributed by atoms with E-state index < -0.39 is 4.92 Å². The van der Waals surface area contributed by atoms with Crippen molar-refractivity contribution in [2.75, 3.05) is 0 Å². The number of allylic oxidation sites excluding steroid dienone is 1. The van der Waals surface area contributed by atoms with Crippen molar-refractivity contribution in [1.29, 1.82) is 0 Å². The third kappa shape index (κ3) is 2.09. The highest BCUT2D eigenvalue weighted by Gasteiger charge is 2.36. The fourth-order valence-corrected chi connectivity index (χ4v) is 1.62. The molecule has 15 heavy (non-hydrogen) atoms. The molecule has 80 valence electrons. The molecule has 0 N–H and O–H groups in total. The summed E-state index contributed by atoms with van der Waals surface area (Å²) < 4.78 is 5.52. The Labute approximate surface area is 87.7 Å². The van der Waals surface area contributed by atoms with E-state index in [9.17, 15) is 10.1 Å². The quantitative estimate of drug-likeness (QED) is 0.565. The summed E-state index contributed by atoms with van der Waals surface area (Å²) in [5.41, 5.74) is 0.0970. The maximum atomic E-state index is 10.4. The number of hydrogen-bond donors (Lipinski definition) is 0. The van der Waals surface area contributed by atoms with Crippen molar-refractivity contribution in [2.24, 2.45) is 5.92 Å². The Bertz CT molecular complexity index is 419. The van der Waals surface area contributed by atoms with Gasteiger partial charge in [-0.3, -0.25) is 10.1 Å². The summed E-state index contributed by atoms with van der Waals surface area (Å²) in [6, 6.07) is 3.70. The molecular weight excluding hydrogens is 194 g/mol. The molecule has 0 amide bonds. The smallest absolute Gasteiger partial charge is 0.246 e. The van der Waals surface area contributed by atoms with Gasteiger partial charge in [0.1, 0.15) is 11.5 Å². The first kappa shape index (κ1) is 9.96. The van der Waals surface area contributed by atoms with Gasteiger partial charge in [0.25, 0.3) is 0 Å². The standard InChI is InChI=1S/C11H13NO3/c1-7-5-10(7)11-4-3-9(15-11)6-8(2)12(13)14/h3-4,6-7,10H,5H2,1-2H3. The molecule has 1 aromatic heterocycles. The highest BCUT2D eigenvalue weighted by molar-refractivity contribution is 5.45. The van der Waals surface area contributed by atoms with Gasteiger partial charge in [-0.2, -0.15) is 0 Å². The zero-order valence-electron chi connectivity index (χ0n) is 8.77. The lowest BCUT2D eigenvalue weighted by Gasteiger charge is -1.91. The summed E-state index contributed by atoms with van der Waals surface area (Å²) in [5.74, 6) is 2.72. The molecule has 1 fully saturated rings. The largest absolute Gasteiger partial charge is 0.461 e. The second-order valence-corrected chi connectivity index (χ2v) is 4.10. The van der Waals surface area contributed by atoms with E-state index in [1.54, 1.807) is 6.07 Å². The van der Waals surface area contributed by atoms with Gasteiger partial charge in [-0.1, -0.05) is 6.92 Å². The van der Waals surface area contributed by atoms with Crippen molar-refractivity contribution in [3.8, 4) is 0 Å². The zero-order chi connectivity index (χ0) is 11.0. The number of hydrogen-bond acceptors (Lipinski definition) is 3. The van der Waals surface area contributed by atoms with E-state index in [0.29, 0.717) is 17.6 Å². The van der Waals surface area contributed by atoms with Gasteiger partial charge in [0, 0.05) is 12.8 Å². The summed E-state index contributed by atoms with van der Waals surface area (Å²) >= 11 is 0. The Morgan fingerprint density at radius 3 is 2.87 bits per heavy atom. The van der Waals surface area contributed by atoms with Crippen LogP contribution in [0.25, 0.3) is 6.08 Å². The molecule has 0 saturated heterocycles. The van der Waals surface area contributed by atoms with E-state index in [0.717, 1.165) is 12.2 Å². The summed E-state index contributed by atoms with van der Waals surface area (Å²) in [6.45, 7) is 3.63. The molecule has 0 bridgehead atoms. The number of nitrogens with zero attached hydrogens (tertiary/aromatic N) is 1. The topological polar surface area (TPSA) is 56.3 Å². The average Bonchev–Trinajstić information content (AvgIpc) is 2.73. The fraction of sp³-hybridized carbons (Fsp3) is 0.455. The molecule has 0 radical (unpaired) electrons. The van der Waals surface area contributed by atoms with Crippen molar-refractivity contribution in [3.05, 3.63) is 39.5 Å². The van der Waals surface area contributed by atoms with E-state index in [4.69, 9.17) is 4.42 Å². The third-order valence-electron chi connectivity index (χ3n) is 2.76. The molecule has 2 rings (SSSR count). The van der Waals surface area contributed by atoms with Gasteiger partial charge in [0.05, 0.1) is 11.0 Å². The van der Waals surface area contributed by atoms with E-state index >= 15 is 0 Å². The number of nitro groups is 1. The molecule has 0 aromatic carbocycles. The summed E-state index contributed by atoms with van der Waals surface area (Å²) in [5, 5.41) is 10.4. The number of furan rings is 1. The van der Waals surface area contributed by atoms with Gasteiger partial charge in [0.2, 0.25) is 5.70 Å². The minimum Gasteiger partial charge on any atom is -0.461 e. The molecule has 2 unspecified atom stereocenters. The van der Waals surface area contributed by atoms with Crippen molar-refractivity contribution in [3.63, 3.8) is 0 Å². The lowest BCUT2D eigenvalue weighted by Crippen LogP contribution is -1.92. The molecule has 4 nitrogen and oxygen atoms in total. The summed E-state index contributed by atoms with van der Waals surface area (Å²) in [4.78, 5) is 9.99. The van der Waals surface area contributed by atoms with Gasteiger partial charge in [-0.15, -0.1) is 0 Å². The van der Waals surface area contributed by atoms with Crippen LogP contribution in [0.3, 0.4) is 0 Å². The Hall–Kier alpha value is -1.58. The molecule has 1 heterocycles. The first-order chi connectivity index (χ1) is 7.08. The third-order valence-corrected chi connectivity index (χ3v) is 2.76. The van der Waals surface area contributed by atoms with E-state index in [1.165, 1.54) is 13.0 Å². The first-order valence-electron chi connectivity index (χ1n) is 5.00. The summed E-state index contributed by atoms with van der Waals surface area (Å²) in [7, 11) is 0. The Kier molecular flexibility index (Phi) is 2.34. The van der Waals surface area contributed by atoms with Crippen LogP contribution >= 0.6 is 0 Å². The monoisotopic (exact) mass is 207 g/mol. The van der Waals surface area contributed by atoms with Crippen LogP contribution in [0.4, 0.5) is 0 Å². The van der Waals surface area contributed by atoms with Gasteiger partial charge < -0.3 is 4.42 Å². The van der Waals surface area contributed by atoms with E-state index in [-0.39, 0.29) is 5.70 Å². The normalized spacial score (nSPS) is 25.3. The fourth-order valence-electron chi connectivity index (χ4n) is 1.62. The van der Waals surface area contributed by atoms with Gasteiger partial charge in [-0.25, -0.2) is 0 Å². The summed E-state index contributed by atoms with van der Waals surface area (Å²) in [6.07, 6.45) is 2.61. The predicted octanol–water partition coefficient (Wildman–Crippen LogP) is 3.04. The maximum absolute atomic E-state index is 10.4. The second-order valence-electron chi connectivity index (χ2n) is 4.10. The van der Waals surface area contributed by atoms with Crippen LogP contribution < -0.4 is 0 Å². The first-order valence-corrected chi connectivity index (χ1v) is 5.00. The molecule has 4 heteroatoms. The van der Waals surface area contributed by atoms with Crippen molar-refractivity contribution < 1.29 is 9.34 Å². The van der Waals surface area contributed by atoms with Crippen LogP contribution in [0.2, 0.25) is 0 Å². The molecular formula is C11H13NO3. The second kappa shape index (κ2) is 3.53. The van der Waals surface area contributed by atoms with Gasteiger partial charge in [-0.05, 0) is 24.5 Å². The van der Waals surface area contributed by atoms with Gasteiger partial charge in [0.15, 0.2) is 0 Å². The molecule has 1 aliphatic rings. The van der Waals surface area contributed by atoms with Gasteiger partial charge >= 0.3 is 0 Å². The van der Waals surface area contributed by atoms with Crippen molar-refractivity contribution in [1.82, 2.24) is 0 Å². The highest BCUT2D eigenvalue weighted by atomic mass is 16.6. The lowest BCUT2D eigenvalue weighted by molar-refractivity contribution is -0.422. The minimum absolute atomic E-state index is 0.0970. The molecule has 0 aliphatic heterocycles. The highest BCUT2D eigenvalue weighted by Crippen LogP contribution is 2.47. The molecule has 0 spiro atoms. The van der Waals surface area contributed by atoms with E-state index in [2.05, 4.69) is 6.92 Å². The van der Waals surface area contributed by atoms with Crippen molar-refractivity contribution in [2.45, 2.75) is 26.2 Å². The SMILES string of the molecule is CC(=Cc1ccc(C2CC2C)o1)[N+](=O)[O-]. The van der Waals surface area contributed by atoms with E-state index in [1.807, 2.05) is 6.07 Å².